The first-order valence-corrected chi connectivity index (χ1v) is 11.4. The summed E-state index contributed by atoms with van der Waals surface area (Å²) >= 11 is 0. The molecule has 12 heteroatoms. The maximum Gasteiger partial charge on any atom is 0.278 e. The number of carbonyl (C=O) groups excluding carboxylic acids is 1. The minimum atomic E-state index is -1.13. The Hall–Kier alpha value is -3.32. The normalized spacial score (nSPS) is 22.8. The zero-order valence-corrected chi connectivity index (χ0v) is 20.2. The monoisotopic (exact) mass is 486 g/mol. The zero-order valence-electron chi connectivity index (χ0n) is 20.2. The highest BCUT2D eigenvalue weighted by molar-refractivity contribution is 5.83. The van der Waals surface area contributed by atoms with E-state index in [-0.39, 0.29) is 12.5 Å². The van der Waals surface area contributed by atoms with Gasteiger partial charge in [-0.2, -0.15) is 0 Å². The van der Waals surface area contributed by atoms with Crippen molar-refractivity contribution in [3.63, 3.8) is 0 Å². The molecule has 5 unspecified atom stereocenters. The third kappa shape index (κ3) is 4.91. The van der Waals surface area contributed by atoms with Gasteiger partial charge >= 0.3 is 0 Å². The first kappa shape index (κ1) is 24.8. The molecule has 1 aliphatic rings. The second kappa shape index (κ2) is 10.5. The van der Waals surface area contributed by atoms with E-state index in [9.17, 15) is 15.0 Å². The molecule has 1 fully saturated rings. The minimum Gasteiger partial charge on any atom is -0.497 e. The number of carbonyl (C=O) groups is 1. The molecule has 1 aliphatic heterocycles. The number of fused-ring (bicyclic) bond motifs is 1. The van der Waals surface area contributed by atoms with Crippen LogP contribution in [0.2, 0.25) is 0 Å². The van der Waals surface area contributed by atoms with Crippen molar-refractivity contribution in [3.8, 4) is 5.75 Å². The van der Waals surface area contributed by atoms with Gasteiger partial charge < -0.3 is 35.2 Å². The van der Waals surface area contributed by atoms with E-state index in [1.807, 2.05) is 55.6 Å². The fraction of sp³-hybridized carbons (Fsp3) is 0.478. The van der Waals surface area contributed by atoms with Gasteiger partial charge in [0.15, 0.2) is 29.3 Å². The topological polar surface area (TPSA) is 151 Å². The summed E-state index contributed by atoms with van der Waals surface area (Å²) in [5.41, 5.74) is 2.02. The largest absolute Gasteiger partial charge is 0.497 e. The Labute approximate surface area is 202 Å². The molecule has 5 N–H and O–H groups in total. The van der Waals surface area contributed by atoms with Crippen molar-refractivity contribution in [3.05, 3.63) is 42.5 Å². The van der Waals surface area contributed by atoms with Crippen molar-refractivity contribution in [1.29, 1.82) is 0 Å². The summed E-state index contributed by atoms with van der Waals surface area (Å²) in [6.07, 6.45) is 0.596. The number of benzene rings is 1. The number of ether oxygens (including phenoxy) is 2. The molecule has 0 bridgehead atoms. The Kier molecular flexibility index (Phi) is 7.45. The van der Waals surface area contributed by atoms with E-state index in [4.69, 9.17) is 9.47 Å². The van der Waals surface area contributed by atoms with Crippen LogP contribution in [0.4, 0.5) is 5.82 Å². The van der Waals surface area contributed by atoms with E-state index < -0.39 is 30.5 Å². The maximum absolute atomic E-state index is 13.1. The molecule has 1 saturated heterocycles. The molecule has 3 aromatic rings. The zero-order chi connectivity index (χ0) is 25.1. The Morgan fingerprint density at radius 1 is 1.29 bits per heavy atom. The molecular formula is C23H32N7O5+. The van der Waals surface area contributed by atoms with Crippen LogP contribution in [0, 0.1) is 0 Å². The SMILES string of the molecule is C[NH2+]C(Cc1ccc(OC)cc1)C(=O)NC1C(CO)OC(n2cnc3c(N(C)C)ncnc32)C1O. The van der Waals surface area contributed by atoms with Crippen LogP contribution >= 0.6 is 0 Å². The molecule has 5 atom stereocenters. The number of nitrogens with two attached hydrogens (primary N) is 1. The molecule has 0 radical (unpaired) electrons. The predicted octanol–water partition coefficient (Wildman–Crippen LogP) is -1.56. The van der Waals surface area contributed by atoms with E-state index >= 15 is 0 Å². The van der Waals surface area contributed by atoms with Gasteiger partial charge in [-0.3, -0.25) is 9.36 Å². The number of aliphatic hydroxyl groups is 2. The van der Waals surface area contributed by atoms with Crippen molar-refractivity contribution >= 4 is 22.9 Å². The smallest absolute Gasteiger partial charge is 0.278 e. The van der Waals surface area contributed by atoms with Crippen LogP contribution in [-0.2, 0) is 16.0 Å². The Balaban J connectivity index is 1.51. The highest BCUT2D eigenvalue weighted by Crippen LogP contribution is 2.32. The number of likely N-dealkylation sites (N-methyl/N-ethyl adjacent to an activating group) is 1. The van der Waals surface area contributed by atoms with Crippen molar-refractivity contribution in [2.24, 2.45) is 0 Å². The van der Waals surface area contributed by atoms with Crippen LogP contribution in [0.3, 0.4) is 0 Å². The predicted molar refractivity (Wildman–Crippen MR) is 127 cm³/mol. The number of methoxy groups -OCH3 is 1. The van der Waals surface area contributed by atoms with Gasteiger partial charge in [0.2, 0.25) is 0 Å². The molecule has 2 aromatic heterocycles. The van der Waals surface area contributed by atoms with Crippen LogP contribution < -0.4 is 20.3 Å². The lowest BCUT2D eigenvalue weighted by Crippen LogP contribution is -2.90. The number of quaternary nitrogens is 1. The fourth-order valence-corrected chi connectivity index (χ4v) is 4.31. The van der Waals surface area contributed by atoms with E-state index in [0.29, 0.717) is 23.4 Å². The molecule has 3 heterocycles. The molecule has 1 aromatic carbocycles. The van der Waals surface area contributed by atoms with Gasteiger partial charge in [-0.15, -0.1) is 0 Å². The number of rotatable bonds is 9. The fourth-order valence-electron chi connectivity index (χ4n) is 4.31. The minimum absolute atomic E-state index is 0.261. The Morgan fingerprint density at radius 3 is 2.66 bits per heavy atom. The number of imidazole rings is 1. The van der Waals surface area contributed by atoms with Gasteiger partial charge in [-0.05, 0) is 17.7 Å². The summed E-state index contributed by atoms with van der Waals surface area (Å²) in [6.45, 7) is -0.373. The second-order valence-corrected chi connectivity index (χ2v) is 8.68. The third-order valence-corrected chi connectivity index (χ3v) is 6.25. The summed E-state index contributed by atoms with van der Waals surface area (Å²) in [7, 11) is 7.12. The quantitative estimate of drug-likeness (QED) is 0.281. The Bertz CT molecular complexity index is 1150. The molecule has 1 amide bonds. The van der Waals surface area contributed by atoms with Crippen LogP contribution in [0.25, 0.3) is 11.2 Å². The average molecular weight is 487 g/mol. The van der Waals surface area contributed by atoms with Crippen LogP contribution in [0.5, 0.6) is 5.75 Å². The highest BCUT2D eigenvalue weighted by atomic mass is 16.5. The molecule has 4 rings (SSSR count). The van der Waals surface area contributed by atoms with E-state index in [1.54, 1.807) is 11.7 Å². The van der Waals surface area contributed by atoms with Gasteiger partial charge in [0, 0.05) is 20.5 Å². The van der Waals surface area contributed by atoms with Gasteiger partial charge in [-0.25, -0.2) is 15.0 Å². The molecule has 188 valence electrons. The van der Waals surface area contributed by atoms with Gasteiger partial charge in [0.1, 0.15) is 24.3 Å². The van der Waals surface area contributed by atoms with Crippen LogP contribution in [0.15, 0.2) is 36.9 Å². The highest BCUT2D eigenvalue weighted by Gasteiger charge is 2.46. The van der Waals surface area contributed by atoms with E-state index in [2.05, 4.69) is 20.3 Å². The van der Waals surface area contributed by atoms with E-state index in [0.717, 1.165) is 11.3 Å². The summed E-state index contributed by atoms with van der Waals surface area (Å²) in [6, 6.07) is 6.28. The van der Waals surface area contributed by atoms with Crippen LogP contribution in [0.1, 0.15) is 11.8 Å². The van der Waals surface area contributed by atoms with Gasteiger partial charge in [0.25, 0.3) is 5.91 Å². The number of hydrogen-bond acceptors (Lipinski definition) is 9. The number of aromatic nitrogens is 4. The molecule has 0 saturated carbocycles. The summed E-state index contributed by atoms with van der Waals surface area (Å²) in [5.74, 6) is 1.11. The van der Waals surface area contributed by atoms with Crippen LogP contribution in [-0.4, -0.2) is 94.8 Å². The molecule has 0 spiro atoms. The van der Waals surface area contributed by atoms with Crippen molar-refractivity contribution in [1.82, 2.24) is 24.8 Å². The molecule has 12 nitrogen and oxygen atoms in total. The number of nitrogens with zero attached hydrogens (tertiary/aromatic N) is 5. The van der Waals surface area contributed by atoms with Crippen molar-refractivity contribution < 1.29 is 29.8 Å². The summed E-state index contributed by atoms with van der Waals surface area (Å²) in [4.78, 5) is 27.9. The first-order chi connectivity index (χ1) is 16.9. The number of anilines is 1. The average Bonchev–Trinajstić information content (AvgIpc) is 3.43. The number of amides is 1. The van der Waals surface area contributed by atoms with Crippen molar-refractivity contribution in [2.45, 2.75) is 36.9 Å². The van der Waals surface area contributed by atoms with Gasteiger partial charge in [0.05, 0.1) is 33.1 Å². The standard InChI is InChI=1S/C23H31N7O5/c1-24-15(9-13-5-7-14(34-4)8-6-13)22(33)28-17-16(10-31)35-23(19(17)32)30-12-27-18-20(29(2)3)25-11-26-21(18)30/h5-8,11-12,15-17,19,23-24,31-32H,9-10H2,1-4H3,(H,28,33)/p+1. The van der Waals surface area contributed by atoms with Gasteiger partial charge in [-0.1, -0.05) is 12.1 Å². The Morgan fingerprint density at radius 2 is 2.03 bits per heavy atom. The number of nitrogens with one attached hydrogen (secondary N) is 1. The lowest BCUT2D eigenvalue weighted by atomic mass is 10.0. The first-order valence-electron chi connectivity index (χ1n) is 11.4. The summed E-state index contributed by atoms with van der Waals surface area (Å²) in [5, 5.41) is 25.8. The number of aliphatic hydroxyl groups excluding tert-OH is 2. The lowest BCUT2D eigenvalue weighted by molar-refractivity contribution is -0.649. The molecule has 35 heavy (non-hydrogen) atoms. The number of hydrogen-bond donors (Lipinski definition) is 4. The molecular weight excluding hydrogens is 454 g/mol. The maximum atomic E-state index is 13.1. The van der Waals surface area contributed by atoms with E-state index in [1.165, 1.54) is 12.7 Å². The summed E-state index contributed by atoms with van der Waals surface area (Å²) < 4.78 is 12.7. The molecule has 0 aliphatic carbocycles. The second-order valence-electron chi connectivity index (χ2n) is 8.68. The van der Waals surface area contributed by atoms with Crippen molar-refractivity contribution in [2.75, 3.05) is 39.8 Å². The lowest BCUT2D eigenvalue weighted by Gasteiger charge is -2.23. The third-order valence-electron chi connectivity index (χ3n) is 6.25.